The summed E-state index contributed by atoms with van der Waals surface area (Å²) in [6.07, 6.45) is 1.81. The van der Waals surface area contributed by atoms with Gasteiger partial charge in [-0.1, -0.05) is 48.0 Å². The number of piperazine rings is 1. The van der Waals surface area contributed by atoms with Crippen molar-refractivity contribution in [3.63, 3.8) is 0 Å². The summed E-state index contributed by atoms with van der Waals surface area (Å²) in [6, 6.07) is 14.8. The summed E-state index contributed by atoms with van der Waals surface area (Å²) in [7, 11) is 3.22. The van der Waals surface area contributed by atoms with Crippen molar-refractivity contribution in [2.24, 2.45) is 0 Å². The van der Waals surface area contributed by atoms with Crippen molar-refractivity contribution in [3.8, 4) is 11.5 Å². The molecule has 0 bridgehead atoms. The zero-order chi connectivity index (χ0) is 20.6. The van der Waals surface area contributed by atoms with Gasteiger partial charge in [-0.2, -0.15) is 0 Å². The van der Waals surface area contributed by atoms with Crippen LogP contribution in [-0.2, 0) is 13.0 Å². The second-order valence-corrected chi connectivity index (χ2v) is 7.82. The number of rotatable bonds is 9. The van der Waals surface area contributed by atoms with Gasteiger partial charge in [-0.3, -0.25) is 9.80 Å². The third-order valence-electron chi connectivity index (χ3n) is 5.64. The molecule has 29 heavy (non-hydrogen) atoms. The summed E-state index contributed by atoms with van der Waals surface area (Å²) in [5, 5.41) is 10.2. The number of aliphatic hydroxyl groups excluding tert-OH is 1. The molecule has 0 saturated carbocycles. The molecule has 2 aromatic carbocycles. The van der Waals surface area contributed by atoms with E-state index in [2.05, 4.69) is 40.1 Å². The molecule has 1 N–H and O–H groups in total. The third-order valence-corrected chi connectivity index (χ3v) is 6.05. The molecule has 0 aliphatic carbocycles. The Morgan fingerprint density at radius 1 is 1.07 bits per heavy atom. The van der Waals surface area contributed by atoms with Crippen LogP contribution in [0.3, 0.4) is 0 Å². The molecule has 3 rings (SSSR count). The van der Waals surface area contributed by atoms with Crippen molar-refractivity contribution in [2.45, 2.75) is 25.4 Å². The summed E-state index contributed by atoms with van der Waals surface area (Å²) in [5.74, 6) is 1.23. The number of ether oxygens (including phenoxy) is 2. The highest BCUT2D eigenvalue weighted by atomic mass is 35.5. The zero-order valence-corrected chi connectivity index (χ0v) is 18.1. The van der Waals surface area contributed by atoms with E-state index in [1.165, 1.54) is 5.56 Å². The Kier molecular flexibility index (Phi) is 8.19. The molecule has 5 nitrogen and oxygen atoms in total. The summed E-state index contributed by atoms with van der Waals surface area (Å²) in [5.41, 5.74) is 2.39. The van der Waals surface area contributed by atoms with Crippen molar-refractivity contribution in [1.82, 2.24) is 9.80 Å². The van der Waals surface area contributed by atoms with E-state index in [1.54, 1.807) is 14.2 Å². The Hall–Kier alpha value is -1.79. The Balaban J connectivity index is 1.63. The average molecular weight is 419 g/mol. The first kappa shape index (κ1) is 21.9. The third kappa shape index (κ3) is 5.64. The fourth-order valence-corrected chi connectivity index (χ4v) is 4.32. The highest BCUT2D eigenvalue weighted by Gasteiger charge is 2.27. The van der Waals surface area contributed by atoms with Crippen LogP contribution in [0.25, 0.3) is 0 Å². The van der Waals surface area contributed by atoms with Gasteiger partial charge in [-0.15, -0.1) is 0 Å². The minimum atomic E-state index is 0.206. The monoisotopic (exact) mass is 418 g/mol. The van der Waals surface area contributed by atoms with E-state index in [0.29, 0.717) is 22.6 Å². The van der Waals surface area contributed by atoms with Crippen molar-refractivity contribution >= 4 is 11.6 Å². The average Bonchev–Trinajstić information content (AvgIpc) is 2.75. The molecular formula is C23H31ClN2O3. The number of aliphatic hydroxyl groups is 1. The van der Waals surface area contributed by atoms with Gasteiger partial charge in [-0.05, 0) is 30.0 Å². The molecule has 1 saturated heterocycles. The van der Waals surface area contributed by atoms with Crippen LogP contribution in [0.1, 0.15) is 17.5 Å². The summed E-state index contributed by atoms with van der Waals surface area (Å²) < 4.78 is 10.8. The van der Waals surface area contributed by atoms with Crippen LogP contribution in [0.4, 0.5) is 0 Å². The van der Waals surface area contributed by atoms with Gasteiger partial charge in [-0.25, -0.2) is 0 Å². The first-order valence-corrected chi connectivity index (χ1v) is 10.5. The predicted molar refractivity (Wildman–Crippen MR) is 117 cm³/mol. The number of nitrogens with zero attached hydrogens (tertiary/aromatic N) is 2. The van der Waals surface area contributed by atoms with E-state index in [1.807, 2.05) is 12.1 Å². The van der Waals surface area contributed by atoms with Gasteiger partial charge in [0, 0.05) is 45.4 Å². The van der Waals surface area contributed by atoms with Gasteiger partial charge >= 0.3 is 0 Å². The fraction of sp³-hybridized carbons (Fsp3) is 0.478. The molecule has 1 fully saturated rings. The SMILES string of the molecule is COc1ccc(CN2CCN(CCc3ccccc3)[C@@H](CCO)C2)c(Cl)c1OC. The smallest absolute Gasteiger partial charge is 0.179 e. The Bertz CT molecular complexity index is 772. The summed E-state index contributed by atoms with van der Waals surface area (Å²) >= 11 is 6.57. The van der Waals surface area contributed by atoms with Crippen LogP contribution >= 0.6 is 11.6 Å². The summed E-state index contributed by atoms with van der Waals surface area (Å²) in [6.45, 7) is 4.86. The van der Waals surface area contributed by atoms with Gasteiger partial charge in [0.25, 0.3) is 0 Å². The summed E-state index contributed by atoms with van der Waals surface area (Å²) in [4.78, 5) is 4.92. The number of halogens is 1. The molecule has 1 aliphatic rings. The van der Waals surface area contributed by atoms with E-state index in [-0.39, 0.29) is 6.61 Å². The lowest BCUT2D eigenvalue weighted by molar-refractivity contribution is 0.0562. The molecule has 6 heteroatoms. The van der Waals surface area contributed by atoms with Crippen molar-refractivity contribution in [2.75, 3.05) is 47.0 Å². The number of hydrogen-bond acceptors (Lipinski definition) is 5. The molecule has 0 radical (unpaired) electrons. The number of benzene rings is 2. The van der Waals surface area contributed by atoms with Crippen molar-refractivity contribution in [3.05, 3.63) is 58.6 Å². The van der Waals surface area contributed by atoms with Gasteiger partial charge in [0.2, 0.25) is 0 Å². The quantitative estimate of drug-likeness (QED) is 0.675. The molecular weight excluding hydrogens is 388 g/mol. The van der Waals surface area contributed by atoms with Gasteiger partial charge in [0.05, 0.1) is 19.2 Å². The molecule has 1 atom stereocenters. The maximum absolute atomic E-state index is 9.57. The van der Waals surface area contributed by atoms with Crippen molar-refractivity contribution < 1.29 is 14.6 Å². The standard InChI is InChI=1S/C23H31ClN2O3/c1-28-21-9-8-19(22(24)23(21)29-2)16-25-13-14-26(20(17-25)11-15-27)12-10-18-6-4-3-5-7-18/h3-9,20,27H,10-17H2,1-2H3/t20-/m0/s1. The first-order valence-electron chi connectivity index (χ1n) is 10.2. The minimum absolute atomic E-state index is 0.206. The minimum Gasteiger partial charge on any atom is -0.493 e. The Labute approximate surface area is 178 Å². The largest absolute Gasteiger partial charge is 0.493 e. The van der Waals surface area contributed by atoms with Crippen LogP contribution in [-0.4, -0.2) is 68.0 Å². The molecule has 1 aliphatic heterocycles. The van der Waals surface area contributed by atoms with Crippen LogP contribution < -0.4 is 9.47 Å². The second-order valence-electron chi connectivity index (χ2n) is 7.45. The highest BCUT2D eigenvalue weighted by Crippen LogP contribution is 2.37. The predicted octanol–water partition coefficient (Wildman–Crippen LogP) is 3.47. The molecule has 2 aromatic rings. The first-order chi connectivity index (χ1) is 14.2. The van der Waals surface area contributed by atoms with Crippen LogP contribution in [0, 0.1) is 0 Å². The zero-order valence-electron chi connectivity index (χ0n) is 17.3. The Morgan fingerprint density at radius 3 is 2.55 bits per heavy atom. The molecule has 0 unspecified atom stereocenters. The van der Waals surface area contributed by atoms with E-state index >= 15 is 0 Å². The fourth-order valence-electron chi connectivity index (χ4n) is 4.03. The van der Waals surface area contributed by atoms with E-state index < -0.39 is 0 Å². The lowest BCUT2D eigenvalue weighted by atomic mass is 10.1. The molecule has 0 aromatic heterocycles. The Morgan fingerprint density at radius 2 is 1.86 bits per heavy atom. The van der Waals surface area contributed by atoms with Gasteiger partial charge in [0.15, 0.2) is 11.5 Å². The van der Waals surface area contributed by atoms with E-state index in [4.69, 9.17) is 21.1 Å². The molecule has 0 amide bonds. The van der Waals surface area contributed by atoms with E-state index in [9.17, 15) is 5.11 Å². The second kappa shape index (κ2) is 10.8. The lowest BCUT2D eigenvalue weighted by Gasteiger charge is -2.41. The van der Waals surface area contributed by atoms with Gasteiger partial charge in [0.1, 0.15) is 0 Å². The van der Waals surface area contributed by atoms with E-state index in [0.717, 1.165) is 51.1 Å². The topological polar surface area (TPSA) is 45.2 Å². The van der Waals surface area contributed by atoms with Crippen LogP contribution in [0.2, 0.25) is 5.02 Å². The normalized spacial score (nSPS) is 18.0. The maximum Gasteiger partial charge on any atom is 0.179 e. The maximum atomic E-state index is 9.57. The van der Waals surface area contributed by atoms with Crippen molar-refractivity contribution in [1.29, 1.82) is 0 Å². The number of hydrogen-bond donors (Lipinski definition) is 1. The highest BCUT2D eigenvalue weighted by molar-refractivity contribution is 6.33. The molecule has 0 spiro atoms. The number of methoxy groups -OCH3 is 2. The van der Waals surface area contributed by atoms with Gasteiger partial charge < -0.3 is 14.6 Å². The molecule has 1 heterocycles. The molecule has 158 valence electrons. The van der Waals surface area contributed by atoms with Crippen LogP contribution in [0.5, 0.6) is 11.5 Å². The lowest BCUT2D eigenvalue weighted by Crippen LogP contribution is -2.53. The van der Waals surface area contributed by atoms with Crippen LogP contribution in [0.15, 0.2) is 42.5 Å².